The lowest BCUT2D eigenvalue weighted by Gasteiger charge is -2.59. The van der Waals surface area contributed by atoms with Gasteiger partial charge in [0.2, 0.25) is 0 Å². The molecule has 0 aromatic heterocycles. The average Bonchev–Trinajstić information content (AvgIpc) is 3.60. The second-order valence-corrected chi connectivity index (χ2v) is 18.7. The van der Waals surface area contributed by atoms with Crippen molar-refractivity contribution in [3.63, 3.8) is 0 Å². The summed E-state index contributed by atoms with van der Waals surface area (Å²) >= 11 is 0. The molecule has 0 nitrogen and oxygen atoms in total. The second kappa shape index (κ2) is 13.2. The lowest BCUT2D eigenvalue weighted by atomic mass is 9.38. The third kappa shape index (κ3) is 6.56. The first-order valence-corrected chi connectivity index (χ1v) is 19.7. The molecular formula is C40H71B. The van der Waals surface area contributed by atoms with Crippen LogP contribution in [0.25, 0.3) is 0 Å². The van der Waals surface area contributed by atoms with Crippen molar-refractivity contribution in [2.24, 2.45) is 76.4 Å². The average molecular weight is 563 g/mol. The second-order valence-electron chi connectivity index (χ2n) is 18.7. The molecule has 1 saturated heterocycles. The van der Waals surface area contributed by atoms with Crippen LogP contribution in [0.2, 0.25) is 18.5 Å². The summed E-state index contributed by atoms with van der Waals surface area (Å²) < 4.78 is 0. The molecule has 0 radical (unpaired) electrons. The predicted molar refractivity (Wildman–Crippen MR) is 181 cm³/mol. The molecule has 0 aromatic carbocycles. The van der Waals surface area contributed by atoms with E-state index in [4.69, 9.17) is 0 Å². The highest BCUT2D eigenvalue weighted by molar-refractivity contribution is 6.61. The summed E-state index contributed by atoms with van der Waals surface area (Å²) in [5.74, 6) is 13.2. The monoisotopic (exact) mass is 563 g/mol. The van der Waals surface area contributed by atoms with Crippen molar-refractivity contribution >= 4 is 6.71 Å². The molecule has 0 N–H and O–H groups in total. The SMILES string of the molecule is CC1CCCCC1C1C(C)CC(C(C)C2CCC(B3CCC(C)(C)C3)C2)C(C2CCCCC2C)C1C1CCCCC1. The van der Waals surface area contributed by atoms with Gasteiger partial charge in [0.25, 0.3) is 0 Å². The van der Waals surface area contributed by atoms with Gasteiger partial charge in [0, 0.05) is 0 Å². The van der Waals surface area contributed by atoms with E-state index in [-0.39, 0.29) is 0 Å². The first-order valence-electron chi connectivity index (χ1n) is 19.7. The fraction of sp³-hybridized carbons (Fsp3) is 1.00. The van der Waals surface area contributed by atoms with Crippen molar-refractivity contribution in [2.75, 3.05) is 0 Å². The first-order chi connectivity index (χ1) is 19.7. The maximum atomic E-state index is 2.82. The van der Waals surface area contributed by atoms with Gasteiger partial charge in [0.15, 0.2) is 0 Å². The summed E-state index contributed by atoms with van der Waals surface area (Å²) in [7, 11) is 0. The highest BCUT2D eigenvalue weighted by atomic mass is 14.6. The van der Waals surface area contributed by atoms with E-state index in [9.17, 15) is 0 Å². The van der Waals surface area contributed by atoms with Crippen LogP contribution in [0, 0.1) is 76.4 Å². The highest BCUT2D eigenvalue weighted by Crippen LogP contribution is 2.62. The summed E-state index contributed by atoms with van der Waals surface area (Å²) in [4.78, 5) is 0. The molecule has 0 spiro atoms. The Morgan fingerprint density at radius 1 is 0.610 bits per heavy atom. The van der Waals surface area contributed by atoms with Gasteiger partial charge >= 0.3 is 0 Å². The zero-order valence-corrected chi connectivity index (χ0v) is 28.7. The quantitative estimate of drug-likeness (QED) is 0.282. The molecule has 0 aromatic rings. The molecule has 5 aliphatic carbocycles. The third-order valence-electron chi connectivity index (χ3n) is 15.8. The Balaban J connectivity index is 1.30. The van der Waals surface area contributed by atoms with Crippen molar-refractivity contribution in [1.82, 2.24) is 0 Å². The van der Waals surface area contributed by atoms with Crippen LogP contribution in [-0.2, 0) is 0 Å². The Labute approximate surface area is 258 Å². The highest BCUT2D eigenvalue weighted by Gasteiger charge is 2.55. The van der Waals surface area contributed by atoms with Gasteiger partial charge < -0.3 is 0 Å². The minimum absolute atomic E-state index is 0.619. The molecule has 1 heteroatoms. The van der Waals surface area contributed by atoms with E-state index in [2.05, 4.69) is 41.5 Å². The van der Waals surface area contributed by atoms with Crippen LogP contribution in [0.1, 0.15) is 157 Å². The zero-order valence-electron chi connectivity index (χ0n) is 28.7. The van der Waals surface area contributed by atoms with Gasteiger partial charge in [-0.1, -0.05) is 156 Å². The van der Waals surface area contributed by atoms with Gasteiger partial charge in [-0.05, 0) is 95.7 Å². The van der Waals surface area contributed by atoms with Crippen molar-refractivity contribution in [1.29, 1.82) is 0 Å². The Morgan fingerprint density at radius 2 is 1.22 bits per heavy atom. The van der Waals surface area contributed by atoms with Crippen molar-refractivity contribution in [3.8, 4) is 0 Å². The molecule has 234 valence electrons. The fourth-order valence-electron chi connectivity index (χ4n) is 13.7. The van der Waals surface area contributed by atoms with Crippen LogP contribution in [-0.4, -0.2) is 6.71 Å². The largest absolute Gasteiger partial charge is 0.143 e. The van der Waals surface area contributed by atoms with Crippen molar-refractivity contribution < 1.29 is 0 Å². The standard InChI is InChI=1S/C40H71B/c1-27-14-10-12-18-34(27)37-29(3)24-36(30(4)32-20-21-33(25-32)41-23-22-40(5,6)26-41)39(35-19-13-11-15-28(35)2)38(37)31-16-8-7-9-17-31/h27-39H,7-26H2,1-6H3. The molecule has 5 saturated carbocycles. The minimum atomic E-state index is 0.619. The summed E-state index contributed by atoms with van der Waals surface area (Å²) in [5.41, 5.74) is 0.619. The lowest BCUT2D eigenvalue weighted by Crippen LogP contribution is -2.53. The normalized spacial score (nSPS) is 47.0. The number of rotatable bonds is 6. The third-order valence-corrected chi connectivity index (χ3v) is 15.8. The molecule has 12 unspecified atom stereocenters. The molecule has 41 heavy (non-hydrogen) atoms. The first kappa shape index (κ1) is 31.1. The molecule has 1 heterocycles. The molecular weight excluding hydrogens is 491 g/mol. The summed E-state index contributed by atoms with van der Waals surface area (Å²) in [6, 6.07) is 0. The molecule has 6 rings (SSSR count). The molecule has 12 atom stereocenters. The van der Waals surface area contributed by atoms with E-state index in [1.165, 1.54) is 76.8 Å². The Morgan fingerprint density at radius 3 is 1.83 bits per heavy atom. The van der Waals surface area contributed by atoms with E-state index in [1.807, 2.05) is 0 Å². The van der Waals surface area contributed by atoms with E-state index >= 15 is 0 Å². The van der Waals surface area contributed by atoms with Crippen molar-refractivity contribution in [2.45, 2.75) is 176 Å². The predicted octanol–water partition coefficient (Wildman–Crippen LogP) is 12.5. The van der Waals surface area contributed by atoms with E-state index in [0.29, 0.717) is 5.41 Å². The van der Waals surface area contributed by atoms with Gasteiger partial charge in [-0.15, -0.1) is 0 Å². The fourth-order valence-corrected chi connectivity index (χ4v) is 13.7. The van der Waals surface area contributed by atoms with Crippen molar-refractivity contribution in [3.05, 3.63) is 0 Å². The summed E-state index contributed by atoms with van der Waals surface area (Å²) in [6.07, 6.45) is 30.9. The topological polar surface area (TPSA) is 0 Å². The Hall–Kier alpha value is 0.0649. The summed E-state index contributed by atoms with van der Waals surface area (Å²) in [6.45, 7) is 17.2. The molecule has 1 aliphatic heterocycles. The van der Waals surface area contributed by atoms with Gasteiger partial charge in [0.05, 0.1) is 0 Å². The van der Waals surface area contributed by atoms with Gasteiger partial charge in [0.1, 0.15) is 6.71 Å². The van der Waals surface area contributed by atoms with Gasteiger partial charge in [-0.2, -0.15) is 0 Å². The van der Waals surface area contributed by atoms with Crippen LogP contribution in [0.15, 0.2) is 0 Å². The van der Waals surface area contributed by atoms with Gasteiger partial charge in [-0.25, -0.2) is 0 Å². The number of hydrogen-bond donors (Lipinski definition) is 0. The molecule has 6 aliphatic rings. The molecule has 0 bridgehead atoms. The zero-order chi connectivity index (χ0) is 28.7. The number of hydrogen-bond acceptors (Lipinski definition) is 0. The Bertz CT molecular complexity index is 825. The smallest absolute Gasteiger partial charge is 0.0734 e. The molecule has 0 amide bonds. The minimum Gasteiger partial charge on any atom is -0.0734 e. The maximum absolute atomic E-state index is 2.82. The maximum Gasteiger partial charge on any atom is 0.143 e. The van der Waals surface area contributed by atoms with Crippen LogP contribution >= 0.6 is 0 Å². The van der Waals surface area contributed by atoms with Crippen LogP contribution in [0.4, 0.5) is 0 Å². The van der Waals surface area contributed by atoms with Gasteiger partial charge in [-0.3, -0.25) is 0 Å². The van der Waals surface area contributed by atoms with E-state index in [1.54, 1.807) is 51.4 Å². The molecule has 6 fully saturated rings. The van der Waals surface area contributed by atoms with Crippen LogP contribution < -0.4 is 0 Å². The van der Waals surface area contributed by atoms with Crippen LogP contribution in [0.3, 0.4) is 0 Å². The van der Waals surface area contributed by atoms with Crippen LogP contribution in [0.5, 0.6) is 0 Å². The Kier molecular flexibility index (Phi) is 10.00. The lowest BCUT2D eigenvalue weighted by molar-refractivity contribution is -0.107. The van der Waals surface area contributed by atoms with E-state index < -0.39 is 0 Å². The summed E-state index contributed by atoms with van der Waals surface area (Å²) in [5, 5.41) is 0. The van der Waals surface area contributed by atoms with E-state index in [0.717, 1.165) is 83.5 Å².